The molecule has 0 saturated carbocycles. The Morgan fingerprint density at radius 1 is 0.292 bits per heavy atom. The number of anilines is 3. The number of nitrogens with zero attached hydrogens (tertiary/aromatic N) is 1. The van der Waals surface area contributed by atoms with Crippen LogP contribution in [-0.4, -0.2) is 0 Å². The summed E-state index contributed by atoms with van der Waals surface area (Å²) >= 11 is 0. The van der Waals surface area contributed by atoms with E-state index in [1.807, 2.05) is 0 Å². The van der Waals surface area contributed by atoms with Crippen molar-refractivity contribution in [3.63, 3.8) is 0 Å². The van der Waals surface area contributed by atoms with Gasteiger partial charge in [-0.2, -0.15) is 0 Å². The highest BCUT2D eigenvalue weighted by atomic mass is 16.3. The van der Waals surface area contributed by atoms with Gasteiger partial charge >= 0.3 is 0 Å². The number of rotatable bonds is 5. The molecule has 0 N–H and O–H groups in total. The minimum Gasteiger partial charge on any atom is -0.455 e. The zero-order valence-corrected chi connectivity index (χ0v) is 37.7. The highest BCUT2D eigenvalue weighted by molar-refractivity contribution is 6.26. The van der Waals surface area contributed by atoms with Gasteiger partial charge in [0, 0.05) is 60.9 Å². The molecule has 3 heteroatoms. The third-order valence-electron chi connectivity index (χ3n) is 13.5. The van der Waals surface area contributed by atoms with Gasteiger partial charge in [0.1, 0.15) is 22.3 Å². The lowest BCUT2D eigenvalue weighted by molar-refractivity contribution is 0.572. The van der Waals surface area contributed by atoms with E-state index in [9.17, 15) is 0 Å². The second kappa shape index (κ2) is 14.5. The molecule has 0 aliphatic heterocycles. The molecule has 0 radical (unpaired) electrons. The summed E-state index contributed by atoms with van der Waals surface area (Å²) in [7, 11) is 0. The first-order chi connectivity index (χ1) is 31.5. The summed E-state index contributed by atoms with van der Waals surface area (Å²) in [6.07, 6.45) is 0. The average molecular weight is 840 g/mol. The standard InChI is InChI=1S/C62H49NO2/c1-61(2,3)55-25-13-23-52-50-21-11-19-43(57(50)64-59(52)55)38-27-31-40(32-28-38)63(42-35-36-49-47-17-8-7-15-45(47)46-16-9-10-18-48(46)54(49)37-42)41-33-29-39(30-34-41)44-20-12-22-51-53-24-14-26-56(62(4,5)6)60(53)65-58(44)51/h7-37H,1-6H3. The Kier molecular flexibility index (Phi) is 8.67. The van der Waals surface area contributed by atoms with Crippen LogP contribution in [0.25, 0.3) is 98.4 Å². The van der Waals surface area contributed by atoms with Gasteiger partial charge in [-0.05, 0) is 90.7 Å². The van der Waals surface area contributed by atoms with Crippen molar-refractivity contribution in [1.82, 2.24) is 0 Å². The van der Waals surface area contributed by atoms with Gasteiger partial charge in [-0.25, -0.2) is 0 Å². The van der Waals surface area contributed by atoms with E-state index < -0.39 is 0 Å². The number of hydrogen-bond donors (Lipinski definition) is 0. The molecule has 0 spiro atoms. The molecule has 2 heterocycles. The predicted molar refractivity (Wildman–Crippen MR) is 276 cm³/mol. The Labute approximate surface area is 379 Å². The summed E-state index contributed by atoms with van der Waals surface area (Å²) in [5.74, 6) is 0. The van der Waals surface area contributed by atoms with E-state index in [1.165, 1.54) is 43.4 Å². The molecule has 0 unspecified atom stereocenters. The van der Waals surface area contributed by atoms with E-state index in [4.69, 9.17) is 8.83 Å². The van der Waals surface area contributed by atoms with Crippen molar-refractivity contribution in [2.24, 2.45) is 0 Å². The van der Waals surface area contributed by atoms with E-state index in [1.54, 1.807) is 0 Å². The van der Waals surface area contributed by atoms with Crippen LogP contribution in [0, 0.1) is 0 Å². The summed E-state index contributed by atoms with van der Waals surface area (Å²) < 4.78 is 13.6. The van der Waals surface area contributed by atoms with Crippen LogP contribution in [0.3, 0.4) is 0 Å². The second-order valence-electron chi connectivity index (χ2n) is 19.7. The molecule has 12 aromatic rings. The summed E-state index contributed by atoms with van der Waals surface area (Å²) in [5, 5.41) is 12.1. The van der Waals surface area contributed by atoms with Crippen LogP contribution in [0.15, 0.2) is 197 Å². The first-order valence-corrected chi connectivity index (χ1v) is 22.7. The first-order valence-electron chi connectivity index (χ1n) is 22.7. The van der Waals surface area contributed by atoms with Crippen LogP contribution in [0.4, 0.5) is 17.1 Å². The van der Waals surface area contributed by atoms with Gasteiger partial charge in [0.05, 0.1) is 0 Å². The number of furan rings is 2. The number of benzene rings is 10. The van der Waals surface area contributed by atoms with Crippen molar-refractivity contribution in [3.8, 4) is 22.3 Å². The summed E-state index contributed by atoms with van der Waals surface area (Å²) in [6.45, 7) is 13.5. The van der Waals surface area contributed by atoms with Gasteiger partial charge in [0.15, 0.2) is 0 Å². The van der Waals surface area contributed by atoms with Gasteiger partial charge < -0.3 is 13.7 Å². The Bertz CT molecular complexity index is 3620. The fraction of sp³-hybridized carbons (Fsp3) is 0.129. The Morgan fingerprint density at radius 2 is 0.631 bits per heavy atom. The van der Waals surface area contributed by atoms with E-state index in [-0.39, 0.29) is 10.8 Å². The van der Waals surface area contributed by atoms with Crippen molar-refractivity contribution in [2.75, 3.05) is 4.90 Å². The zero-order valence-electron chi connectivity index (χ0n) is 37.7. The molecule has 0 fully saturated rings. The maximum Gasteiger partial charge on any atom is 0.143 e. The average Bonchev–Trinajstić information content (AvgIpc) is 3.91. The van der Waals surface area contributed by atoms with E-state index in [0.29, 0.717) is 0 Å². The normalized spacial score (nSPS) is 12.5. The maximum absolute atomic E-state index is 6.81. The molecule has 12 rings (SSSR count). The molecule has 3 nitrogen and oxygen atoms in total. The Morgan fingerprint density at radius 3 is 1.05 bits per heavy atom. The molecule has 10 aromatic carbocycles. The van der Waals surface area contributed by atoms with Gasteiger partial charge in [-0.1, -0.05) is 193 Å². The molecule has 0 bridgehead atoms. The number of para-hydroxylation sites is 4. The fourth-order valence-electron chi connectivity index (χ4n) is 10.3. The minimum atomic E-state index is -0.0457. The highest BCUT2D eigenvalue weighted by Gasteiger charge is 2.24. The van der Waals surface area contributed by atoms with Crippen molar-refractivity contribution < 1.29 is 8.83 Å². The van der Waals surface area contributed by atoms with Gasteiger partial charge in [-0.3, -0.25) is 0 Å². The van der Waals surface area contributed by atoms with Crippen LogP contribution in [0.1, 0.15) is 52.7 Å². The highest BCUT2D eigenvalue weighted by Crippen LogP contribution is 2.45. The smallest absolute Gasteiger partial charge is 0.143 e. The molecule has 0 amide bonds. The van der Waals surface area contributed by atoms with Crippen molar-refractivity contribution in [1.29, 1.82) is 0 Å². The molecule has 2 aromatic heterocycles. The van der Waals surface area contributed by atoms with E-state index in [0.717, 1.165) is 83.2 Å². The fourth-order valence-corrected chi connectivity index (χ4v) is 10.3. The van der Waals surface area contributed by atoms with E-state index in [2.05, 4.69) is 234 Å². The van der Waals surface area contributed by atoms with Crippen molar-refractivity contribution in [2.45, 2.75) is 52.4 Å². The molecular formula is C62H49NO2. The molecular weight excluding hydrogens is 791 g/mol. The number of hydrogen-bond acceptors (Lipinski definition) is 3. The second-order valence-corrected chi connectivity index (χ2v) is 19.7. The zero-order chi connectivity index (χ0) is 44.2. The number of fused-ring (bicyclic) bond motifs is 12. The molecule has 0 aliphatic rings. The topological polar surface area (TPSA) is 29.5 Å². The largest absolute Gasteiger partial charge is 0.455 e. The van der Waals surface area contributed by atoms with Crippen LogP contribution in [0.5, 0.6) is 0 Å². The lowest BCUT2D eigenvalue weighted by Crippen LogP contribution is -2.10. The van der Waals surface area contributed by atoms with Crippen LogP contribution >= 0.6 is 0 Å². The van der Waals surface area contributed by atoms with Gasteiger partial charge in [0.2, 0.25) is 0 Å². The maximum atomic E-state index is 6.81. The quantitative estimate of drug-likeness (QED) is 0.162. The molecule has 65 heavy (non-hydrogen) atoms. The third-order valence-corrected chi connectivity index (χ3v) is 13.5. The van der Waals surface area contributed by atoms with Gasteiger partial charge in [0.25, 0.3) is 0 Å². The monoisotopic (exact) mass is 839 g/mol. The summed E-state index contributed by atoms with van der Waals surface area (Å²) in [5.41, 5.74) is 13.7. The van der Waals surface area contributed by atoms with E-state index >= 15 is 0 Å². The van der Waals surface area contributed by atoms with Crippen molar-refractivity contribution in [3.05, 3.63) is 199 Å². The Balaban J connectivity index is 1.01. The molecule has 0 aliphatic carbocycles. The summed E-state index contributed by atoms with van der Waals surface area (Å²) in [6, 6.07) is 68.5. The van der Waals surface area contributed by atoms with Gasteiger partial charge in [-0.15, -0.1) is 0 Å². The molecule has 0 atom stereocenters. The lowest BCUT2D eigenvalue weighted by Gasteiger charge is -2.26. The lowest BCUT2D eigenvalue weighted by atomic mass is 9.86. The van der Waals surface area contributed by atoms with Crippen molar-refractivity contribution >= 4 is 93.3 Å². The van der Waals surface area contributed by atoms with Crippen LogP contribution < -0.4 is 4.90 Å². The minimum absolute atomic E-state index is 0.0457. The van der Waals surface area contributed by atoms with Crippen LogP contribution in [0.2, 0.25) is 0 Å². The first kappa shape index (κ1) is 39.0. The predicted octanol–water partition coefficient (Wildman–Crippen LogP) is 18.3. The third kappa shape index (κ3) is 6.25. The summed E-state index contributed by atoms with van der Waals surface area (Å²) in [4.78, 5) is 2.38. The molecule has 314 valence electrons. The van der Waals surface area contributed by atoms with Crippen LogP contribution in [-0.2, 0) is 10.8 Å². The molecule has 0 saturated heterocycles. The Hall–Kier alpha value is -7.62. The SMILES string of the molecule is CC(C)(C)c1cccc2c1oc1c(-c3ccc(N(c4ccc(-c5cccc6c5oc5c(C(C)(C)C)cccc56)cc4)c4ccc5c6ccccc6c6ccccc6c5c4)cc3)cccc12.